The Balaban J connectivity index is 1.91. The molecule has 0 spiro atoms. The van der Waals surface area contributed by atoms with Crippen molar-refractivity contribution in [1.82, 2.24) is 0 Å². The van der Waals surface area contributed by atoms with Crippen LogP contribution in [0.2, 0.25) is 0 Å². The molecule has 10 nitrogen and oxygen atoms in total. The lowest BCUT2D eigenvalue weighted by molar-refractivity contribution is -0.174. The Hall–Kier alpha value is -2.86. The molecule has 0 heterocycles. The van der Waals surface area contributed by atoms with Crippen molar-refractivity contribution in [2.75, 3.05) is 23.8 Å². The molecular formula is C22H28N2O8. The first-order valence-corrected chi connectivity index (χ1v) is 9.86. The maximum atomic E-state index is 10.7. The molecule has 174 valence electrons. The molecule has 0 aliphatic carbocycles. The van der Waals surface area contributed by atoms with Crippen molar-refractivity contribution in [2.24, 2.45) is 0 Å². The van der Waals surface area contributed by atoms with Crippen LogP contribution in [0.3, 0.4) is 0 Å². The summed E-state index contributed by atoms with van der Waals surface area (Å²) < 4.78 is 5.36. The Labute approximate surface area is 185 Å². The van der Waals surface area contributed by atoms with Gasteiger partial charge in [-0.15, -0.1) is 0 Å². The van der Waals surface area contributed by atoms with Gasteiger partial charge in [-0.05, 0) is 35.4 Å². The van der Waals surface area contributed by atoms with Crippen molar-refractivity contribution in [3.63, 3.8) is 0 Å². The van der Waals surface area contributed by atoms with Crippen molar-refractivity contribution in [2.45, 2.75) is 36.9 Å². The molecule has 0 saturated carbocycles. The van der Waals surface area contributed by atoms with Crippen LogP contribution in [0.25, 0.3) is 0 Å². The van der Waals surface area contributed by atoms with E-state index in [1.54, 1.807) is 48.5 Å². The van der Waals surface area contributed by atoms with Crippen LogP contribution in [0.1, 0.15) is 11.1 Å². The minimum atomic E-state index is -2.12. The molecule has 2 aromatic carbocycles. The minimum absolute atomic E-state index is 0.104. The molecule has 32 heavy (non-hydrogen) atoms. The van der Waals surface area contributed by atoms with Gasteiger partial charge < -0.3 is 40.9 Å². The minimum Gasteiger partial charge on any atom is -0.393 e. The molecule has 0 aliphatic rings. The number of benzene rings is 2. The monoisotopic (exact) mass is 448 g/mol. The molecule has 10 heteroatoms. The van der Waals surface area contributed by atoms with Crippen LogP contribution >= 0.6 is 0 Å². The Morgan fingerprint density at radius 1 is 0.875 bits per heavy atom. The number of hydrogen-bond donors (Lipinski definition) is 7. The third-order valence-corrected chi connectivity index (χ3v) is 4.97. The van der Waals surface area contributed by atoms with Crippen molar-refractivity contribution in [1.29, 1.82) is 0 Å². The summed E-state index contributed by atoms with van der Waals surface area (Å²) in [5.41, 5.74) is 0.298. The highest BCUT2D eigenvalue weighted by Gasteiger charge is 2.42. The molecular weight excluding hydrogens is 420 g/mol. The van der Waals surface area contributed by atoms with Crippen LogP contribution in [0.4, 0.5) is 11.4 Å². The normalized spacial score (nSPS) is 15.8. The molecule has 0 saturated heterocycles. The van der Waals surface area contributed by atoms with E-state index in [4.69, 9.17) is 4.74 Å². The number of carbonyl (C=O) groups excluding carboxylic acids is 2. The molecule has 0 fully saturated rings. The van der Waals surface area contributed by atoms with Crippen molar-refractivity contribution < 1.29 is 39.9 Å². The third kappa shape index (κ3) is 7.09. The zero-order valence-corrected chi connectivity index (χ0v) is 17.3. The van der Waals surface area contributed by atoms with Gasteiger partial charge in [-0.3, -0.25) is 9.59 Å². The smallest absolute Gasteiger partial charge is 0.211 e. The van der Waals surface area contributed by atoms with Crippen molar-refractivity contribution >= 4 is 24.2 Å². The summed E-state index contributed by atoms with van der Waals surface area (Å²) in [5.74, 6) is 0. The summed E-state index contributed by atoms with van der Waals surface area (Å²) in [4.78, 5) is 20.9. The van der Waals surface area contributed by atoms with Crippen LogP contribution in [0.5, 0.6) is 0 Å². The summed E-state index contributed by atoms with van der Waals surface area (Å²) in [7, 11) is 0. The molecule has 0 unspecified atom stereocenters. The average Bonchev–Trinajstić information content (AvgIpc) is 2.80. The summed E-state index contributed by atoms with van der Waals surface area (Å²) in [6.45, 7) is -1.10. The van der Waals surface area contributed by atoms with E-state index in [0.29, 0.717) is 29.8 Å². The molecule has 2 rings (SSSR count). The quantitative estimate of drug-likeness (QED) is 0.188. The molecule has 0 aliphatic heterocycles. The molecule has 0 radical (unpaired) electrons. The van der Waals surface area contributed by atoms with Crippen LogP contribution in [-0.4, -0.2) is 75.5 Å². The van der Waals surface area contributed by atoms with Crippen LogP contribution in [0.15, 0.2) is 48.5 Å². The Bertz CT molecular complexity index is 846. The van der Waals surface area contributed by atoms with Gasteiger partial charge in [0.1, 0.15) is 23.9 Å². The number of aliphatic hydroxyl groups is 5. The predicted molar refractivity (Wildman–Crippen MR) is 116 cm³/mol. The average molecular weight is 448 g/mol. The second kappa shape index (κ2) is 12.2. The highest BCUT2D eigenvalue weighted by atomic mass is 16.5. The zero-order valence-electron chi connectivity index (χ0n) is 17.3. The van der Waals surface area contributed by atoms with Gasteiger partial charge in [0.05, 0.1) is 19.8 Å². The number of amides is 2. The lowest BCUT2D eigenvalue weighted by Crippen LogP contribution is -2.57. The van der Waals surface area contributed by atoms with E-state index >= 15 is 0 Å². The fourth-order valence-electron chi connectivity index (χ4n) is 3.08. The number of hydrogen-bond acceptors (Lipinski definition) is 8. The van der Waals surface area contributed by atoms with E-state index in [9.17, 15) is 35.1 Å². The van der Waals surface area contributed by atoms with Crippen molar-refractivity contribution in [3.8, 4) is 0 Å². The molecule has 0 bridgehead atoms. The van der Waals surface area contributed by atoms with E-state index in [0.717, 1.165) is 5.56 Å². The van der Waals surface area contributed by atoms with Gasteiger partial charge in [0, 0.05) is 17.8 Å². The number of rotatable bonds is 14. The number of ether oxygens (including phenoxy) is 1. The van der Waals surface area contributed by atoms with E-state index in [-0.39, 0.29) is 19.6 Å². The lowest BCUT2D eigenvalue weighted by atomic mass is 9.85. The maximum absolute atomic E-state index is 10.7. The summed E-state index contributed by atoms with van der Waals surface area (Å²) in [6.07, 6.45) is -4.32. The van der Waals surface area contributed by atoms with E-state index in [1.165, 1.54) is 0 Å². The van der Waals surface area contributed by atoms with Crippen molar-refractivity contribution in [3.05, 3.63) is 59.7 Å². The predicted octanol–water partition coefficient (Wildman–Crippen LogP) is -0.611. The van der Waals surface area contributed by atoms with Gasteiger partial charge in [0.2, 0.25) is 12.8 Å². The van der Waals surface area contributed by atoms with Gasteiger partial charge >= 0.3 is 0 Å². The van der Waals surface area contributed by atoms with Gasteiger partial charge in [-0.25, -0.2) is 0 Å². The topological polar surface area (TPSA) is 169 Å². The Morgan fingerprint density at radius 3 is 1.84 bits per heavy atom. The molecule has 7 N–H and O–H groups in total. The second-order valence-corrected chi connectivity index (χ2v) is 7.37. The highest BCUT2D eigenvalue weighted by Crippen LogP contribution is 2.23. The van der Waals surface area contributed by atoms with E-state index in [2.05, 4.69) is 10.6 Å². The molecule has 2 aromatic rings. The van der Waals surface area contributed by atoms with Gasteiger partial charge in [0.25, 0.3) is 0 Å². The Kier molecular flexibility index (Phi) is 9.72. The number of anilines is 2. The number of carbonyl (C=O) groups is 2. The zero-order chi connectivity index (χ0) is 23.6. The molecule has 2 amide bonds. The fraction of sp³-hybridized carbons (Fsp3) is 0.364. The van der Waals surface area contributed by atoms with Crippen LogP contribution in [0, 0.1) is 0 Å². The first-order valence-electron chi connectivity index (χ1n) is 9.86. The first-order chi connectivity index (χ1) is 15.3. The van der Waals surface area contributed by atoms with E-state index in [1.807, 2.05) is 0 Å². The highest BCUT2D eigenvalue weighted by molar-refractivity contribution is 5.71. The summed E-state index contributed by atoms with van der Waals surface area (Å²) in [6, 6.07) is 13.1. The first kappa shape index (κ1) is 25.4. The van der Waals surface area contributed by atoms with Gasteiger partial charge in [0.15, 0.2) is 0 Å². The lowest BCUT2D eigenvalue weighted by Gasteiger charge is -2.35. The van der Waals surface area contributed by atoms with Gasteiger partial charge in [-0.2, -0.15) is 0 Å². The standard InChI is InChI=1S/C22H28N2O8/c25-12-22(31,9-15-1-5-17(6-2-15)23-13-26)21(30)20(29)19(28)11-32-10-16-3-7-18(8-4-16)24-14-27/h1-8,13-14,19-21,25,28-31H,9-12H2,(H,23,26)(H,24,27)/t19-,20-,21+,22-/m1/s1. The third-order valence-electron chi connectivity index (χ3n) is 4.97. The molecule has 4 atom stereocenters. The maximum Gasteiger partial charge on any atom is 0.211 e. The Morgan fingerprint density at radius 2 is 1.38 bits per heavy atom. The van der Waals surface area contributed by atoms with Crippen LogP contribution < -0.4 is 10.6 Å². The molecule has 0 aromatic heterocycles. The van der Waals surface area contributed by atoms with Gasteiger partial charge in [-0.1, -0.05) is 24.3 Å². The summed E-state index contributed by atoms with van der Waals surface area (Å²) >= 11 is 0. The largest absolute Gasteiger partial charge is 0.393 e. The van der Waals surface area contributed by atoms with E-state index < -0.39 is 30.5 Å². The SMILES string of the molecule is O=CNc1ccc(COC[C@@H](O)[C@@H](O)[C@H](O)[C@](O)(CO)Cc2ccc(NC=O)cc2)cc1. The number of nitrogens with one attached hydrogen (secondary N) is 2. The number of aliphatic hydroxyl groups excluding tert-OH is 4. The summed E-state index contributed by atoms with van der Waals surface area (Å²) in [5, 5.41) is 56.2. The fourth-order valence-corrected chi connectivity index (χ4v) is 3.08. The van der Waals surface area contributed by atoms with Crippen LogP contribution in [-0.2, 0) is 27.4 Å². The second-order valence-electron chi connectivity index (χ2n) is 7.37.